The molecule has 0 bridgehead atoms. The molecule has 1 heterocycles. The van der Waals surface area contributed by atoms with Crippen molar-refractivity contribution in [2.24, 2.45) is 0 Å². The van der Waals surface area contributed by atoms with Crippen molar-refractivity contribution in [2.45, 2.75) is 13.0 Å². The van der Waals surface area contributed by atoms with E-state index in [2.05, 4.69) is 16.0 Å². The number of aromatic nitrogens is 2. The van der Waals surface area contributed by atoms with E-state index in [4.69, 9.17) is 4.74 Å². The van der Waals surface area contributed by atoms with Crippen LogP contribution >= 0.6 is 0 Å². The molecule has 0 saturated heterocycles. The monoisotopic (exact) mass is 442 g/mol. The van der Waals surface area contributed by atoms with Gasteiger partial charge in [-0.3, -0.25) is 25.2 Å². The molecule has 4 rings (SSSR count). The zero-order chi connectivity index (χ0) is 23.0. The van der Waals surface area contributed by atoms with Gasteiger partial charge in [-0.1, -0.05) is 60.7 Å². The van der Waals surface area contributed by atoms with Gasteiger partial charge >= 0.3 is 0 Å². The van der Waals surface area contributed by atoms with Crippen LogP contribution in [-0.4, -0.2) is 28.2 Å². The van der Waals surface area contributed by atoms with Crippen molar-refractivity contribution in [3.8, 4) is 5.75 Å². The molecule has 0 radical (unpaired) electrons. The number of hydrazine groups is 1. The first-order valence-corrected chi connectivity index (χ1v) is 10.4. The van der Waals surface area contributed by atoms with Crippen molar-refractivity contribution >= 4 is 22.6 Å². The second-order valence-corrected chi connectivity index (χ2v) is 7.26. The lowest BCUT2D eigenvalue weighted by molar-refractivity contribution is -0.121. The van der Waals surface area contributed by atoms with E-state index >= 15 is 0 Å². The van der Waals surface area contributed by atoms with Gasteiger partial charge in [0.15, 0.2) is 5.69 Å². The maximum absolute atomic E-state index is 12.4. The number of nitrogens with one attached hydrogen (secondary N) is 2. The molecule has 2 amide bonds. The van der Waals surface area contributed by atoms with Crippen LogP contribution in [0.25, 0.3) is 10.8 Å². The first-order valence-electron chi connectivity index (χ1n) is 10.4. The Morgan fingerprint density at radius 1 is 0.848 bits per heavy atom. The smallest absolute Gasteiger partial charge is 0.290 e. The predicted octanol–water partition coefficient (Wildman–Crippen LogP) is 2.48. The minimum Gasteiger partial charge on any atom is -0.492 e. The molecule has 8 nitrogen and oxygen atoms in total. The Hall–Kier alpha value is -4.46. The molecule has 3 aromatic carbocycles. The zero-order valence-electron chi connectivity index (χ0n) is 17.7. The van der Waals surface area contributed by atoms with Gasteiger partial charge in [-0.25, -0.2) is 4.68 Å². The summed E-state index contributed by atoms with van der Waals surface area (Å²) in [6.07, 6.45) is 0.103. The number of nitrogens with zero attached hydrogens (tertiary/aromatic N) is 2. The van der Waals surface area contributed by atoms with Gasteiger partial charge in [0.05, 0.1) is 13.0 Å². The quantitative estimate of drug-likeness (QED) is 0.428. The van der Waals surface area contributed by atoms with Gasteiger partial charge in [-0.2, -0.15) is 5.10 Å². The Morgan fingerprint density at radius 2 is 1.61 bits per heavy atom. The molecule has 0 unspecified atom stereocenters. The second-order valence-electron chi connectivity index (χ2n) is 7.26. The van der Waals surface area contributed by atoms with Gasteiger partial charge in [0, 0.05) is 6.07 Å². The van der Waals surface area contributed by atoms with E-state index in [1.807, 2.05) is 60.7 Å². The Kier molecular flexibility index (Phi) is 6.75. The van der Waals surface area contributed by atoms with Gasteiger partial charge in [0.25, 0.3) is 11.5 Å². The van der Waals surface area contributed by atoms with Crippen LogP contribution in [0.4, 0.5) is 0 Å². The summed E-state index contributed by atoms with van der Waals surface area (Å²) in [5.41, 5.74) is 5.24. The summed E-state index contributed by atoms with van der Waals surface area (Å²) in [6.45, 7) is 0.381. The van der Waals surface area contributed by atoms with Crippen LogP contribution in [0.2, 0.25) is 0 Å². The molecule has 33 heavy (non-hydrogen) atoms. The number of carbonyl (C=O) groups excluding carboxylic acids is 2. The number of hydrogen-bond donors (Lipinski definition) is 2. The second kappa shape index (κ2) is 10.2. The largest absolute Gasteiger partial charge is 0.492 e. The van der Waals surface area contributed by atoms with Crippen LogP contribution in [0.1, 0.15) is 16.1 Å². The van der Waals surface area contributed by atoms with E-state index in [-0.39, 0.29) is 36.7 Å². The lowest BCUT2D eigenvalue weighted by atomic mass is 10.0. The number of rotatable bonds is 7. The number of carbonyl (C=O) groups is 2. The number of ether oxygens (including phenoxy) is 1. The number of para-hydroxylation sites is 1. The van der Waals surface area contributed by atoms with Gasteiger partial charge in [-0.05, 0) is 34.5 Å². The molecule has 1 aromatic heterocycles. The number of benzene rings is 3. The van der Waals surface area contributed by atoms with Gasteiger partial charge in [-0.15, -0.1) is 0 Å². The fourth-order valence-corrected chi connectivity index (χ4v) is 3.35. The van der Waals surface area contributed by atoms with Crippen molar-refractivity contribution < 1.29 is 14.3 Å². The Morgan fingerprint density at radius 3 is 2.45 bits per heavy atom. The van der Waals surface area contributed by atoms with E-state index in [0.717, 1.165) is 21.0 Å². The average molecular weight is 442 g/mol. The van der Waals surface area contributed by atoms with Crippen LogP contribution in [0.15, 0.2) is 89.7 Å². The lowest BCUT2D eigenvalue weighted by Crippen LogP contribution is -2.43. The Balaban J connectivity index is 1.33. The molecule has 0 aliphatic heterocycles. The van der Waals surface area contributed by atoms with Crippen molar-refractivity contribution in [2.75, 3.05) is 6.61 Å². The first kappa shape index (κ1) is 21.8. The summed E-state index contributed by atoms with van der Waals surface area (Å²) in [5.74, 6) is -0.323. The molecule has 0 aliphatic carbocycles. The van der Waals surface area contributed by atoms with Crippen LogP contribution in [0.5, 0.6) is 5.75 Å². The topological polar surface area (TPSA) is 102 Å². The molecule has 166 valence electrons. The van der Waals surface area contributed by atoms with Gasteiger partial charge in [0.1, 0.15) is 12.4 Å². The summed E-state index contributed by atoms with van der Waals surface area (Å²) in [4.78, 5) is 36.9. The minimum atomic E-state index is -0.626. The number of fused-ring (bicyclic) bond motifs is 1. The van der Waals surface area contributed by atoms with E-state index in [9.17, 15) is 14.4 Å². The Labute approximate surface area is 189 Å². The average Bonchev–Trinajstić information content (AvgIpc) is 2.84. The van der Waals surface area contributed by atoms with E-state index < -0.39 is 5.91 Å². The predicted molar refractivity (Wildman–Crippen MR) is 124 cm³/mol. The van der Waals surface area contributed by atoms with Crippen molar-refractivity contribution in [3.05, 3.63) is 107 Å². The number of amides is 2. The normalized spacial score (nSPS) is 10.5. The summed E-state index contributed by atoms with van der Waals surface area (Å²) >= 11 is 0. The minimum absolute atomic E-state index is 0.000211. The molecular weight excluding hydrogens is 420 g/mol. The SMILES string of the molecule is O=C(Cc1cccc2ccccc12)NNC(=O)c1ccc(=O)n(CCOc2ccccc2)n1. The van der Waals surface area contributed by atoms with Crippen LogP contribution < -0.4 is 21.1 Å². The van der Waals surface area contributed by atoms with E-state index in [0.29, 0.717) is 5.75 Å². The third-order valence-corrected chi connectivity index (χ3v) is 4.96. The Bertz CT molecular complexity index is 1330. The molecule has 0 spiro atoms. The standard InChI is InChI=1S/C25H22N4O4/c30-23(17-19-9-6-8-18-7-4-5-12-21(18)19)26-27-25(32)22-13-14-24(31)29(28-22)15-16-33-20-10-2-1-3-11-20/h1-14H,15-17H2,(H,26,30)(H,27,32). The molecule has 0 aliphatic rings. The number of hydrogen-bond acceptors (Lipinski definition) is 5. The molecule has 0 atom stereocenters. The van der Waals surface area contributed by atoms with E-state index in [1.54, 1.807) is 12.1 Å². The molecule has 8 heteroatoms. The maximum atomic E-state index is 12.4. The highest BCUT2D eigenvalue weighted by molar-refractivity contribution is 5.94. The molecule has 4 aromatic rings. The van der Waals surface area contributed by atoms with Crippen molar-refractivity contribution in [1.29, 1.82) is 0 Å². The molecular formula is C25H22N4O4. The third-order valence-electron chi connectivity index (χ3n) is 4.96. The lowest BCUT2D eigenvalue weighted by Gasteiger charge is -2.10. The fraction of sp³-hybridized carbons (Fsp3) is 0.120. The molecule has 0 saturated carbocycles. The molecule has 0 fully saturated rings. The summed E-state index contributed by atoms with van der Waals surface area (Å²) in [5, 5.41) is 6.08. The van der Waals surface area contributed by atoms with Crippen LogP contribution in [0.3, 0.4) is 0 Å². The van der Waals surface area contributed by atoms with Crippen molar-refractivity contribution in [3.63, 3.8) is 0 Å². The summed E-state index contributed by atoms with van der Waals surface area (Å²) in [7, 11) is 0. The van der Waals surface area contributed by atoms with Gasteiger partial charge < -0.3 is 4.74 Å². The summed E-state index contributed by atoms with van der Waals surface area (Å²) in [6, 6.07) is 25.3. The van der Waals surface area contributed by atoms with Crippen molar-refractivity contribution in [1.82, 2.24) is 20.6 Å². The zero-order valence-corrected chi connectivity index (χ0v) is 17.7. The van der Waals surface area contributed by atoms with Crippen LogP contribution in [-0.2, 0) is 17.8 Å². The highest BCUT2D eigenvalue weighted by Crippen LogP contribution is 2.18. The molecule has 2 N–H and O–H groups in total. The van der Waals surface area contributed by atoms with E-state index in [1.165, 1.54) is 12.1 Å². The van der Waals surface area contributed by atoms with Crippen LogP contribution in [0, 0.1) is 0 Å². The first-order chi connectivity index (χ1) is 16.1. The highest BCUT2D eigenvalue weighted by Gasteiger charge is 2.12. The fourth-order valence-electron chi connectivity index (χ4n) is 3.35. The third kappa shape index (κ3) is 5.62. The maximum Gasteiger partial charge on any atom is 0.290 e. The van der Waals surface area contributed by atoms with Gasteiger partial charge in [0.2, 0.25) is 5.91 Å². The highest BCUT2D eigenvalue weighted by atomic mass is 16.5. The summed E-state index contributed by atoms with van der Waals surface area (Å²) < 4.78 is 6.72.